The van der Waals surface area contributed by atoms with Crippen LogP contribution in [0.5, 0.6) is 0 Å². The van der Waals surface area contributed by atoms with Gasteiger partial charge in [0.05, 0.1) is 0 Å². The summed E-state index contributed by atoms with van der Waals surface area (Å²) in [7, 11) is 0. The van der Waals surface area contributed by atoms with Crippen molar-refractivity contribution >= 4 is 0 Å². The Hall–Kier alpha value is -0.0400. The van der Waals surface area contributed by atoms with E-state index in [0.717, 1.165) is 5.92 Å². The SMILES string of the molecule is CCCCCCCC(CCCCC)CCN1CCCCC1. The molecule has 0 radical (unpaired) electrons. The summed E-state index contributed by atoms with van der Waals surface area (Å²) in [5, 5.41) is 0. The summed E-state index contributed by atoms with van der Waals surface area (Å²) < 4.78 is 0. The number of nitrogens with zero attached hydrogens (tertiary/aromatic N) is 1. The van der Waals surface area contributed by atoms with Crippen LogP contribution in [-0.2, 0) is 0 Å². The summed E-state index contributed by atoms with van der Waals surface area (Å²) in [5.41, 5.74) is 0. The Balaban J connectivity index is 2.15. The van der Waals surface area contributed by atoms with Crippen LogP contribution in [0.25, 0.3) is 0 Å². The highest BCUT2D eigenvalue weighted by Gasteiger charge is 2.13. The third-order valence-corrected chi connectivity index (χ3v) is 5.23. The summed E-state index contributed by atoms with van der Waals surface area (Å²) in [6.07, 6.45) is 20.3. The molecule has 1 fully saturated rings. The van der Waals surface area contributed by atoms with Crippen LogP contribution < -0.4 is 0 Å². The second-order valence-corrected chi connectivity index (χ2v) is 7.26. The quantitative estimate of drug-likeness (QED) is 0.354. The third kappa shape index (κ3) is 10.3. The number of rotatable bonds is 13. The lowest BCUT2D eigenvalue weighted by Crippen LogP contribution is -2.31. The van der Waals surface area contributed by atoms with Crippen molar-refractivity contribution in [3.8, 4) is 0 Å². The minimum absolute atomic E-state index is 1.01. The maximum atomic E-state index is 2.73. The molecule has 1 nitrogen and oxygen atoms in total. The van der Waals surface area contributed by atoms with Crippen molar-refractivity contribution in [3.05, 3.63) is 0 Å². The third-order valence-electron chi connectivity index (χ3n) is 5.23. The molecule has 1 aliphatic heterocycles. The summed E-state index contributed by atoms with van der Waals surface area (Å²) >= 11 is 0. The molecular formula is C20H41N. The highest BCUT2D eigenvalue weighted by molar-refractivity contribution is 4.68. The van der Waals surface area contributed by atoms with Crippen LogP contribution in [0.1, 0.15) is 104 Å². The largest absolute Gasteiger partial charge is 0.303 e. The number of hydrogen-bond acceptors (Lipinski definition) is 1. The molecule has 1 unspecified atom stereocenters. The fourth-order valence-electron chi connectivity index (χ4n) is 3.70. The first-order valence-corrected chi connectivity index (χ1v) is 10.1. The molecule has 0 aromatic carbocycles. The van der Waals surface area contributed by atoms with Crippen LogP contribution in [0.15, 0.2) is 0 Å². The van der Waals surface area contributed by atoms with E-state index in [2.05, 4.69) is 18.7 Å². The van der Waals surface area contributed by atoms with Gasteiger partial charge in [0.2, 0.25) is 0 Å². The fourth-order valence-corrected chi connectivity index (χ4v) is 3.70. The van der Waals surface area contributed by atoms with Crippen molar-refractivity contribution in [1.29, 1.82) is 0 Å². The zero-order valence-corrected chi connectivity index (χ0v) is 15.0. The molecule has 1 aliphatic rings. The number of unbranched alkanes of at least 4 members (excludes halogenated alkanes) is 6. The van der Waals surface area contributed by atoms with E-state index in [-0.39, 0.29) is 0 Å². The standard InChI is InChI=1S/C20H41N/c1-3-5-7-8-11-15-20(14-10-6-4-2)16-19-21-17-12-9-13-18-21/h20H,3-19H2,1-2H3. The maximum Gasteiger partial charge on any atom is -0.00161 e. The molecule has 0 aliphatic carbocycles. The molecule has 0 aromatic rings. The Labute approximate surface area is 134 Å². The van der Waals surface area contributed by atoms with Gasteiger partial charge in [0.1, 0.15) is 0 Å². The Morgan fingerprint density at radius 3 is 1.90 bits per heavy atom. The van der Waals surface area contributed by atoms with Gasteiger partial charge in [-0.3, -0.25) is 0 Å². The summed E-state index contributed by atoms with van der Waals surface area (Å²) in [4.78, 5) is 2.73. The molecule has 0 saturated carbocycles. The van der Waals surface area contributed by atoms with Gasteiger partial charge in [-0.1, -0.05) is 84.5 Å². The van der Waals surface area contributed by atoms with Crippen molar-refractivity contribution in [2.45, 2.75) is 104 Å². The minimum Gasteiger partial charge on any atom is -0.303 e. The van der Waals surface area contributed by atoms with Crippen LogP contribution in [0, 0.1) is 5.92 Å². The molecule has 1 atom stereocenters. The molecule has 1 heteroatoms. The molecule has 0 spiro atoms. The van der Waals surface area contributed by atoms with E-state index in [0.29, 0.717) is 0 Å². The van der Waals surface area contributed by atoms with Crippen LogP contribution in [-0.4, -0.2) is 24.5 Å². The van der Waals surface area contributed by atoms with Gasteiger partial charge >= 0.3 is 0 Å². The Morgan fingerprint density at radius 1 is 0.667 bits per heavy atom. The van der Waals surface area contributed by atoms with Gasteiger partial charge in [-0.15, -0.1) is 0 Å². The minimum atomic E-state index is 1.01. The summed E-state index contributed by atoms with van der Waals surface area (Å²) in [6.45, 7) is 8.77. The van der Waals surface area contributed by atoms with Gasteiger partial charge in [0, 0.05) is 0 Å². The number of piperidine rings is 1. The van der Waals surface area contributed by atoms with E-state index >= 15 is 0 Å². The van der Waals surface area contributed by atoms with Crippen molar-refractivity contribution in [2.75, 3.05) is 19.6 Å². The lowest BCUT2D eigenvalue weighted by Gasteiger charge is -2.28. The first kappa shape index (κ1) is 19.0. The number of likely N-dealkylation sites (tertiary alicyclic amines) is 1. The molecule has 0 amide bonds. The monoisotopic (exact) mass is 295 g/mol. The van der Waals surface area contributed by atoms with E-state index in [4.69, 9.17) is 0 Å². The molecule has 0 bridgehead atoms. The zero-order valence-electron chi connectivity index (χ0n) is 15.0. The predicted octanol–water partition coefficient (Wildman–Crippen LogP) is 6.42. The van der Waals surface area contributed by atoms with E-state index in [9.17, 15) is 0 Å². The molecule has 0 N–H and O–H groups in total. The zero-order chi connectivity index (χ0) is 15.2. The van der Waals surface area contributed by atoms with Crippen LogP contribution in [0.4, 0.5) is 0 Å². The smallest absolute Gasteiger partial charge is 0.00161 e. The Bertz CT molecular complexity index is 208. The second kappa shape index (κ2) is 13.6. The van der Waals surface area contributed by atoms with Crippen LogP contribution in [0.2, 0.25) is 0 Å². The van der Waals surface area contributed by atoms with Gasteiger partial charge < -0.3 is 4.90 Å². The van der Waals surface area contributed by atoms with E-state index in [1.54, 1.807) is 0 Å². The van der Waals surface area contributed by atoms with Gasteiger partial charge in [0.25, 0.3) is 0 Å². The lowest BCUT2D eigenvalue weighted by atomic mass is 9.91. The average Bonchev–Trinajstić information content (AvgIpc) is 2.53. The molecular weight excluding hydrogens is 254 g/mol. The normalized spacial score (nSPS) is 18.0. The molecule has 21 heavy (non-hydrogen) atoms. The van der Waals surface area contributed by atoms with Crippen molar-refractivity contribution < 1.29 is 0 Å². The first-order chi connectivity index (χ1) is 10.4. The van der Waals surface area contributed by atoms with Crippen molar-refractivity contribution in [2.24, 2.45) is 5.92 Å². The van der Waals surface area contributed by atoms with E-state index in [1.165, 1.54) is 110 Å². The van der Waals surface area contributed by atoms with Crippen LogP contribution in [0.3, 0.4) is 0 Å². The van der Waals surface area contributed by atoms with Gasteiger partial charge in [-0.25, -0.2) is 0 Å². The second-order valence-electron chi connectivity index (χ2n) is 7.26. The van der Waals surface area contributed by atoms with Gasteiger partial charge in [0.15, 0.2) is 0 Å². The summed E-state index contributed by atoms with van der Waals surface area (Å²) in [5.74, 6) is 1.01. The molecule has 1 heterocycles. The molecule has 1 rings (SSSR count). The van der Waals surface area contributed by atoms with E-state index in [1.807, 2.05) is 0 Å². The van der Waals surface area contributed by atoms with Crippen molar-refractivity contribution in [1.82, 2.24) is 4.90 Å². The molecule has 0 aromatic heterocycles. The predicted molar refractivity (Wildman–Crippen MR) is 95.9 cm³/mol. The highest BCUT2D eigenvalue weighted by atomic mass is 15.1. The Kier molecular flexibility index (Phi) is 12.3. The average molecular weight is 296 g/mol. The highest BCUT2D eigenvalue weighted by Crippen LogP contribution is 2.22. The number of hydrogen-bond donors (Lipinski definition) is 0. The van der Waals surface area contributed by atoms with Crippen molar-refractivity contribution in [3.63, 3.8) is 0 Å². The first-order valence-electron chi connectivity index (χ1n) is 10.1. The summed E-state index contributed by atoms with van der Waals surface area (Å²) in [6, 6.07) is 0. The van der Waals surface area contributed by atoms with Crippen LogP contribution >= 0.6 is 0 Å². The topological polar surface area (TPSA) is 3.24 Å². The lowest BCUT2D eigenvalue weighted by molar-refractivity contribution is 0.206. The maximum absolute atomic E-state index is 2.73. The molecule has 126 valence electrons. The van der Waals surface area contributed by atoms with E-state index < -0.39 is 0 Å². The van der Waals surface area contributed by atoms with Gasteiger partial charge in [-0.2, -0.15) is 0 Å². The molecule has 1 saturated heterocycles. The van der Waals surface area contributed by atoms with Gasteiger partial charge in [-0.05, 0) is 44.8 Å². The fraction of sp³-hybridized carbons (Fsp3) is 1.00. The Morgan fingerprint density at radius 2 is 1.24 bits per heavy atom.